The molecule has 0 spiro atoms. The predicted octanol–water partition coefficient (Wildman–Crippen LogP) is 5.21. The topological polar surface area (TPSA) is 90.3 Å². The fourth-order valence-electron chi connectivity index (χ4n) is 2.85. The molecule has 0 aliphatic heterocycles. The van der Waals surface area contributed by atoms with E-state index in [0.717, 1.165) is 21.2 Å². The molecule has 0 fully saturated rings. The van der Waals surface area contributed by atoms with E-state index in [4.69, 9.17) is 10.6 Å². The van der Waals surface area contributed by atoms with Crippen LogP contribution in [0.1, 0.15) is 16.7 Å². The van der Waals surface area contributed by atoms with Crippen molar-refractivity contribution in [2.75, 3.05) is 11.3 Å². The van der Waals surface area contributed by atoms with Crippen LogP contribution in [0.15, 0.2) is 87.5 Å². The second-order valence-electron chi connectivity index (χ2n) is 6.92. The van der Waals surface area contributed by atoms with Gasteiger partial charge in [-0.05, 0) is 47.5 Å². The minimum absolute atomic E-state index is 0.268. The Morgan fingerprint density at radius 3 is 2.70 bits per heavy atom. The number of anilines is 1. The van der Waals surface area contributed by atoms with Crippen molar-refractivity contribution in [3.8, 4) is 5.75 Å². The van der Waals surface area contributed by atoms with Crippen molar-refractivity contribution in [1.82, 2.24) is 14.9 Å². The maximum absolute atomic E-state index is 13.0. The normalized spacial score (nSPS) is 11.1. The average Bonchev–Trinajstić information content (AvgIpc) is 3.17. The van der Waals surface area contributed by atoms with E-state index in [0.29, 0.717) is 29.2 Å². The number of hydrogen-bond acceptors (Lipinski definition) is 7. The van der Waals surface area contributed by atoms with E-state index in [-0.39, 0.29) is 5.82 Å². The van der Waals surface area contributed by atoms with Crippen molar-refractivity contribution in [3.63, 3.8) is 0 Å². The zero-order valence-corrected chi connectivity index (χ0v) is 19.8. The van der Waals surface area contributed by atoms with Gasteiger partial charge in [0.1, 0.15) is 18.2 Å². The quantitative estimate of drug-likeness (QED) is 0.134. The number of benzene rings is 3. The van der Waals surface area contributed by atoms with Gasteiger partial charge in [0, 0.05) is 15.8 Å². The minimum atomic E-state index is -0.268. The molecule has 0 aliphatic carbocycles. The monoisotopic (exact) mass is 526 g/mol. The van der Waals surface area contributed by atoms with Gasteiger partial charge in [-0.3, -0.25) is 0 Å². The third-order valence-corrected chi connectivity index (χ3v) is 6.02. The summed E-state index contributed by atoms with van der Waals surface area (Å²) in [5.74, 6) is 7.38. The zero-order chi connectivity index (χ0) is 23.0. The molecular weight excluding hydrogens is 507 g/mol. The Hall–Kier alpha value is -3.37. The van der Waals surface area contributed by atoms with Gasteiger partial charge in [-0.2, -0.15) is 5.10 Å². The van der Waals surface area contributed by atoms with Gasteiger partial charge in [0.25, 0.3) is 5.95 Å². The number of nitrogens with one attached hydrogen (secondary N) is 1. The van der Waals surface area contributed by atoms with Crippen LogP contribution in [0.4, 0.5) is 10.3 Å². The first kappa shape index (κ1) is 22.8. The van der Waals surface area contributed by atoms with E-state index >= 15 is 0 Å². The Balaban J connectivity index is 1.36. The van der Waals surface area contributed by atoms with E-state index < -0.39 is 0 Å². The van der Waals surface area contributed by atoms with Gasteiger partial charge < -0.3 is 10.6 Å². The van der Waals surface area contributed by atoms with Gasteiger partial charge in [-0.15, -0.1) is 10.2 Å². The molecule has 0 amide bonds. The van der Waals surface area contributed by atoms with Crippen LogP contribution >= 0.6 is 27.7 Å². The number of aromatic nitrogens is 3. The molecule has 0 saturated heterocycles. The maximum Gasteiger partial charge on any atom is 0.264 e. The highest BCUT2D eigenvalue weighted by atomic mass is 79.9. The number of nitrogens with two attached hydrogens (primary N) is 1. The molecule has 0 bridgehead atoms. The van der Waals surface area contributed by atoms with Crippen molar-refractivity contribution in [2.24, 2.45) is 5.10 Å². The summed E-state index contributed by atoms with van der Waals surface area (Å²) < 4.78 is 21.3. The largest absolute Gasteiger partial charge is 0.488 e. The summed E-state index contributed by atoms with van der Waals surface area (Å²) in [7, 11) is 0. The number of nitrogens with zero attached hydrogens (tertiary/aromatic N) is 4. The molecule has 4 aromatic rings. The summed E-state index contributed by atoms with van der Waals surface area (Å²) in [5, 5.41) is 12.8. The van der Waals surface area contributed by atoms with Crippen LogP contribution in [0, 0.1) is 5.82 Å². The van der Waals surface area contributed by atoms with Crippen LogP contribution in [0.3, 0.4) is 0 Å². The highest BCUT2D eigenvalue weighted by Crippen LogP contribution is 2.22. The number of hydrazone groups is 1. The predicted molar refractivity (Wildman–Crippen MR) is 132 cm³/mol. The Bertz CT molecular complexity index is 1250. The smallest absolute Gasteiger partial charge is 0.264 e. The molecule has 1 aromatic heterocycles. The first-order chi connectivity index (χ1) is 16.1. The first-order valence-electron chi connectivity index (χ1n) is 9.91. The molecule has 168 valence electrons. The van der Waals surface area contributed by atoms with E-state index in [9.17, 15) is 4.39 Å². The summed E-state index contributed by atoms with van der Waals surface area (Å²) in [5.41, 5.74) is 5.61. The SMILES string of the molecule is Nn1c(N/N=C/c2ccccc2OCc2cccc(Br)c2)nnc1SCc1ccc(F)cc1. The molecule has 7 nitrogen and oxygen atoms in total. The van der Waals surface area contributed by atoms with E-state index in [1.54, 1.807) is 18.3 Å². The summed E-state index contributed by atoms with van der Waals surface area (Å²) in [4.78, 5) is 0. The molecular formula is C23H20BrFN6OS. The summed E-state index contributed by atoms with van der Waals surface area (Å²) in [6.07, 6.45) is 1.64. The lowest BCUT2D eigenvalue weighted by Gasteiger charge is -2.09. The molecule has 1 heterocycles. The third-order valence-electron chi connectivity index (χ3n) is 4.52. The number of hydrogen-bond donors (Lipinski definition) is 2. The first-order valence-corrected chi connectivity index (χ1v) is 11.7. The van der Waals surface area contributed by atoms with Gasteiger partial charge in [0.15, 0.2) is 0 Å². The molecule has 0 saturated carbocycles. The Labute approximate surface area is 203 Å². The molecule has 4 rings (SSSR count). The van der Waals surface area contributed by atoms with E-state index in [1.165, 1.54) is 28.6 Å². The maximum atomic E-state index is 13.0. The molecule has 0 aliphatic rings. The standard InChI is InChI=1S/C23H20BrFN6OS/c24-19-6-3-4-17(12-19)14-32-21-7-2-1-5-18(21)13-27-28-22-29-30-23(31(22)26)33-15-16-8-10-20(25)11-9-16/h1-13H,14-15,26H2,(H,28,29)/b27-13+. The Kier molecular flexibility index (Phi) is 7.59. The van der Waals surface area contributed by atoms with E-state index in [1.807, 2.05) is 48.5 Å². The fourth-order valence-corrected chi connectivity index (χ4v) is 4.11. The Morgan fingerprint density at radius 1 is 1.06 bits per heavy atom. The summed E-state index contributed by atoms with van der Waals surface area (Å²) in [6, 6.07) is 21.8. The number of thioether (sulfide) groups is 1. The minimum Gasteiger partial charge on any atom is -0.488 e. The van der Waals surface area contributed by atoms with Crippen LogP contribution in [-0.2, 0) is 12.4 Å². The number of rotatable bonds is 9. The van der Waals surface area contributed by atoms with Crippen LogP contribution < -0.4 is 16.0 Å². The van der Waals surface area contributed by atoms with E-state index in [2.05, 4.69) is 36.7 Å². The van der Waals surface area contributed by atoms with Crippen molar-refractivity contribution in [3.05, 3.63) is 99.8 Å². The van der Waals surface area contributed by atoms with Crippen LogP contribution in [-0.4, -0.2) is 21.1 Å². The number of nitrogen functional groups attached to an aromatic ring is 1. The molecule has 33 heavy (non-hydrogen) atoms. The second-order valence-corrected chi connectivity index (χ2v) is 8.78. The average molecular weight is 527 g/mol. The van der Waals surface area contributed by atoms with Gasteiger partial charge >= 0.3 is 0 Å². The lowest BCUT2D eigenvalue weighted by molar-refractivity contribution is 0.305. The molecule has 3 N–H and O–H groups in total. The fraction of sp³-hybridized carbons (Fsp3) is 0.0870. The van der Waals surface area contributed by atoms with Crippen molar-refractivity contribution >= 4 is 39.9 Å². The summed E-state index contributed by atoms with van der Waals surface area (Å²) in [6.45, 7) is 0.434. The van der Waals surface area contributed by atoms with Crippen molar-refractivity contribution in [2.45, 2.75) is 17.5 Å². The van der Waals surface area contributed by atoms with Crippen LogP contribution in [0.5, 0.6) is 5.75 Å². The third kappa shape index (κ3) is 6.33. The van der Waals surface area contributed by atoms with Crippen LogP contribution in [0.25, 0.3) is 0 Å². The highest BCUT2D eigenvalue weighted by Gasteiger charge is 2.10. The molecule has 3 aromatic carbocycles. The number of ether oxygens (including phenoxy) is 1. The summed E-state index contributed by atoms with van der Waals surface area (Å²) >= 11 is 4.86. The van der Waals surface area contributed by atoms with Crippen LogP contribution in [0.2, 0.25) is 0 Å². The lowest BCUT2D eigenvalue weighted by atomic mass is 10.2. The van der Waals surface area contributed by atoms with Crippen molar-refractivity contribution in [1.29, 1.82) is 0 Å². The second kappa shape index (κ2) is 11.0. The molecule has 0 radical (unpaired) electrons. The van der Waals surface area contributed by atoms with Gasteiger partial charge in [0.2, 0.25) is 5.16 Å². The number of halogens is 2. The van der Waals surface area contributed by atoms with Gasteiger partial charge in [-0.25, -0.2) is 14.5 Å². The lowest BCUT2D eigenvalue weighted by Crippen LogP contribution is -2.13. The Morgan fingerprint density at radius 2 is 1.88 bits per heavy atom. The highest BCUT2D eigenvalue weighted by molar-refractivity contribution is 9.10. The van der Waals surface area contributed by atoms with Gasteiger partial charge in [-0.1, -0.05) is 64.1 Å². The number of para-hydroxylation sites is 1. The molecule has 0 atom stereocenters. The van der Waals surface area contributed by atoms with Crippen molar-refractivity contribution < 1.29 is 9.13 Å². The zero-order valence-electron chi connectivity index (χ0n) is 17.4. The molecule has 0 unspecified atom stereocenters. The molecule has 10 heteroatoms. The van der Waals surface area contributed by atoms with Gasteiger partial charge in [0.05, 0.1) is 6.21 Å².